The molecule has 0 bridgehead atoms. The number of carbonyl (C=O) groups excluding carboxylic acids is 1. The van der Waals surface area contributed by atoms with Gasteiger partial charge in [-0.1, -0.05) is 52.9 Å². The molecule has 0 aliphatic carbocycles. The molecule has 1 aromatic heterocycles. The molecule has 0 spiro atoms. The summed E-state index contributed by atoms with van der Waals surface area (Å²) >= 11 is 2.76. The second-order valence-electron chi connectivity index (χ2n) is 6.19. The third kappa shape index (κ3) is 5.55. The molecule has 0 fully saturated rings. The molecule has 3 aromatic rings. The highest BCUT2D eigenvalue weighted by Gasteiger charge is 2.10. The number of carbonyl (C=O) groups is 1. The molecule has 0 unspecified atom stereocenters. The zero-order valence-corrected chi connectivity index (χ0v) is 17.2. The fourth-order valence-electron chi connectivity index (χ4n) is 2.51. The molecule has 28 heavy (non-hydrogen) atoms. The molecule has 142 valence electrons. The Morgan fingerprint density at radius 1 is 1.18 bits per heavy atom. The van der Waals surface area contributed by atoms with Crippen molar-refractivity contribution in [2.75, 3.05) is 16.4 Å². The average Bonchev–Trinajstić information content (AvgIpc) is 3.12. The van der Waals surface area contributed by atoms with Crippen molar-refractivity contribution in [1.82, 2.24) is 10.2 Å². The molecule has 0 radical (unpaired) electrons. The first-order valence-electron chi connectivity index (χ1n) is 8.60. The number of amides is 1. The summed E-state index contributed by atoms with van der Waals surface area (Å²) < 4.78 is 0.729. The Labute approximate surface area is 172 Å². The molecule has 1 heterocycles. The molecular weight excluding hydrogens is 390 g/mol. The van der Waals surface area contributed by atoms with Crippen LogP contribution in [0, 0.1) is 25.2 Å². The second kappa shape index (κ2) is 9.35. The lowest BCUT2D eigenvalue weighted by Crippen LogP contribution is -2.13. The third-order valence-electron chi connectivity index (χ3n) is 3.88. The number of benzene rings is 2. The van der Waals surface area contributed by atoms with Gasteiger partial charge in [0.05, 0.1) is 18.2 Å². The van der Waals surface area contributed by atoms with Gasteiger partial charge in [0.2, 0.25) is 11.0 Å². The molecule has 1 amide bonds. The van der Waals surface area contributed by atoms with E-state index in [-0.39, 0.29) is 11.7 Å². The second-order valence-corrected chi connectivity index (χ2v) is 8.39. The van der Waals surface area contributed by atoms with Crippen LogP contribution < -0.4 is 10.6 Å². The summed E-state index contributed by atoms with van der Waals surface area (Å²) in [6, 6.07) is 15.5. The Morgan fingerprint density at radius 3 is 2.68 bits per heavy atom. The number of nitrogens with one attached hydrogen (secondary N) is 2. The number of aromatic nitrogens is 2. The first-order valence-corrected chi connectivity index (χ1v) is 10.4. The molecular formula is C20H19N5OS2. The van der Waals surface area contributed by atoms with E-state index in [2.05, 4.69) is 39.9 Å². The Kier molecular flexibility index (Phi) is 6.63. The van der Waals surface area contributed by atoms with Gasteiger partial charge in [-0.15, -0.1) is 10.2 Å². The summed E-state index contributed by atoms with van der Waals surface area (Å²) in [5.74, 6) is 0.134. The maximum absolute atomic E-state index is 12.1. The standard InChI is InChI=1S/C20H19N5OS2/c1-13-3-8-17(14(2)11-13)23-19-24-25-20(28-19)27-12-18(26)22-16-6-4-15(5-7-16)9-10-21/h3-8,11H,9,12H2,1-2H3,(H,22,26)(H,23,24). The van der Waals surface area contributed by atoms with Crippen molar-refractivity contribution in [3.63, 3.8) is 0 Å². The van der Waals surface area contributed by atoms with Crippen molar-refractivity contribution in [3.05, 3.63) is 59.2 Å². The number of nitrogens with zero attached hydrogens (tertiary/aromatic N) is 3. The fourth-order valence-corrected chi connectivity index (χ4v) is 4.07. The highest BCUT2D eigenvalue weighted by Crippen LogP contribution is 2.29. The fraction of sp³-hybridized carbons (Fsp3) is 0.200. The van der Waals surface area contributed by atoms with Crippen LogP contribution >= 0.6 is 23.1 Å². The zero-order chi connectivity index (χ0) is 19.9. The molecule has 3 rings (SSSR count). The van der Waals surface area contributed by atoms with Gasteiger partial charge in [0.25, 0.3) is 0 Å². The van der Waals surface area contributed by atoms with Crippen molar-refractivity contribution in [3.8, 4) is 6.07 Å². The lowest BCUT2D eigenvalue weighted by atomic mass is 10.1. The number of hydrogen-bond acceptors (Lipinski definition) is 7. The lowest BCUT2D eigenvalue weighted by Gasteiger charge is -2.06. The van der Waals surface area contributed by atoms with E-state index in [0.717, 1.165) is 21.2 Å². The van der Waals surface area contributed by atoms with E-state index in [1.165, 1.54) is 28.7 Å². The summed E-state index contributed by atoms with van der Waals surface area (Å²) in [4.78, 5) is 12.1. The highest BCUT2D eigenvalue weighted by atomic mass is 32.2. The van der Waals surface area contributed by atoms with Gasteiger partial charge < -0.3 is 10.6 Å². The Hall–Kier alpha value is -2.89. The van der Waals surface area contributed by atoms with Crippen molar-refractivity contribution in [1.29, 1.82) is 5.26 Å². The van der Waals surface area contributed by atoms with Crippen LogP contribution in [0.2, 0.25) is 0 Å². The first-order chi connectivity index (χ1) is 13.5. The predicted molar refractivity (Wildman–Crippen MR) is 114 cm³/mol. The average molecular weight is 410 g/mol. The summed E-state index contributed by atoms with van der Waals surface area (Å²) in [5, 5.41) is 23.8. The zero-order valence-electron chi connectivity index (χ0n) is 15.5. The molecule has 0 atom stereocenters. The third-order valence-corrected chi connectivity index (χ3v) is 5.85. The monoisotopic (exact) mass is 409 g/mol. The minimum Gasteiger partial charge on any atom is -0.330 e. The van der Waals surface area contributed by atoms with Gasteiger partial charge in [0.1, 0.15) is 0 Å². The van der Waals surface area contributed by atoms with Crippen LogP contribution in [0.25, 0.3) is 0 Å². The summed E-state index contributed by atoms with van der Waals surface area (Å²) in [7, 11) is 0. The van der Waals surface area contributed by atoms with Gasteiger partial charge >= 0.3 is 0 Å². The van der Waals surface area contributed by atoms with Crippen LogP contribution in [0.15, 0.2) is 46.8 Å². The molecule has 2 aromatic carbocycles. The number of hydrogen-bond donors (Lipinski definition) is 2. The van der Waals surface area contributed by atoms with E-state index in [1.54, 1.807) is 12.1 Å². The SMILES string of the molecule is Cc1ccc(Nc2nnc(SCC(=O)Nc3ccc(CC#N)cc3)s2)c(C)c1. The first kappa shape index (κ1) is 19.9. The molecule has 0 aliphatic rings. The number of rotatable bonds is 7. The van der Waals surface area contributed by atoms with Gasteiger partial charge in [0, 0.05) is 11.4 Å². The van der Waals surface area contributed by atoms with Crippen molar-refractivity contribution < 1.29 is 4.79 Å². The van der Waals surface area contributed by atoms with E-state index < -0.39 is 0 Å². The van der Waals surface area contributed by atoms with E-state index >= 15 is 0 Å². The van der Waals surface area contributed by atoms with Crippen molar-refractivity contribution in [2.24, 2.45) is 0 Å². The van der Waals surface area contributed by atoms with E-state index in [4.69, 9.17) is 5.26 Å². The number of aryl methyl sites for hydroxylation is 2. The molecule has 6 nitrogen and oxygen atoms in total. The lowest BCUT2D eigenvalue weighted by molar-refractivity contribution is -0.113. The smallest absolute Gasteiger partial charge is 0.234 e. The summed E-state index contributed by atoms with van der Waals surface area (Å²) in [6.45, 7) is 4.10. The molecule has 0 saturated heterocycles. The number of nitriles is 1. The molecule has 8 heteroatoms. The van der Waals surface area contributed by atoms with Crippen LogP contribution in [-0.2, 0) is 11.2 Å². The minimum atomic E-state index is -0.114. The Morgan fingerprint density at radius 2 is 1.96 bits per heavy atom. The van der Waals surface area contributed by atoms with Crippen molar-refractivity contribution in [2.45, 2.75) is 24.6 Å². The maximum atomic E-state index is 12.1. The van der Waals surface area contributed by atoms with E-state index in [9.17, 15) is 4.79 Å². The summed E-state index contributed by atoms with van der Waals surface area (Å²) in [6.07, 6.45) is 0.361. The van der Waals surface area contributed by atoms with Crippen LogP contribution in [0.4, 0.5) is 16.5 Å². The maximum Gasteiger partial charge on any atom is 0.234 e. The Balaban J connectivity index is 1.51. The van der Waals surface area contributed by atoms with E-state index in [1.807, 2.05) is 31.2 Å². The van der Waals surface area contributed by atoms with Crippen LogP contribution in [0.3, 0.4) is 0 Å². The Bertz CT molecular complexity index is 1010. The van der Waals surface area contributed by atoms with Crippen LogP contribution in [-0.4, -0.2) is 21.9 Å². The van der Waals surface area contributed by atoms with Gasteiger partial charge in [0.15, 0.2) is 4.34 Å². The van der Waals surface area contributed by atoms with Crippen molar-refractivity contribution >= 4 is 45.5 Å². The normalized spacial score (nSPS) is 10.3. The van der Waals surface area contributed by atoms with E-state index in [0.29, 0.717) is 17.2 Å². The predicted octanol–water partition coefficient (Wildman–Crippen LogP) is 4.70. The largest absolute Gasteiger partial charge is 0.330 e. The van der Waals surface area contributed by atoms with Gasteiger partial charge in [-0.3, -0.25) is 4.79 Å². The van der Waals surface area contributed by atoms with Crippen LogP contribution in [0.1, 0.15) is 16.7 Å². The topological polar surface area (TPSA) is 90.7 Å². The van der Waals surface area contributed by atoms with Crippen LogP contribution in [0.5, 0.6) is 0 Å². The quantitative estimate of drug-likeness (QED) is 0.550. The number of thioether (sulfide) groups is 1. The molecule has 0 aliphatic heterocycles. The molecule has 2 N–H and O–H groups in total. The molecule has 0 saturated carbocycles. The summed E-state index contributed by atoms with van der Waals surface area (Å²) in [5.41, 5.74) is 4.98. The van der Waals surface area contributed by atoms with Gasteiger partial charge in [-0.2, -0.15) is 5.26 Å². The number of anilines is 3. The van der Waals surface area contributed by atoms with Gasteiger partial charge in [-0.05, 0) is 43.2 Å². The van der Waals surface area contributed by atoms with Gasteiger partial charge in [-0.25, -0.2) is 0 Å². The highest BCUT2D eigenvalue weighted by molar-refractivity contribution is 8.01. The minimum absolute atomic E-state index is 0.114.